The number of thiazole rings is 1. The van der Waals surface area contributed by atoms with E-state index in [-0.39, 0.29) is 11.9 Å². The highest BCUT2D eigenvalue weighted by molar-refractivity contribution is 7.13. The van der Waals surface area contributed by atoms with Gasteiger partial charge in [0.2, 0.25) is 0 Å². The van der Waals surface area contributed by atoms with Gasteiger partial charge in [0.25, 0.3) is 5.91 Å². The molecular weight excluding hydrogens is 358 g/mol. The number of amides is 1. The number of aromatic nitrogens is 3. The molecule has 2 atom stereocenters. The fourth-order valence-electron chi connectivity index (χ4n) is 4.44. The number of likely N-dealkylation sites (tertiary alicyclic amines) is 1. The topological polar surface area (TPSA) is 63.1 Å². The molecule has 7 heteroatoms. The van der Waals surface area contributed by atoms with Gasteiger partial charge in [-0.3, -0.25) is 9.48 Å². The minimum atomic E-state index is 0.0162. The number of nitrogens with one attached hydrogen (secondary N) is 1. The van der Waals surface area contributed by atoms with Crippen LogP contribution in [0.1, 0.15) is 76.2 Å². The molecule has 4 rings (SSSR count). The van der Waals surface area contributed by atoms with Crippen LogP contribution in [0.3, 0.4) is 0 Å². The molecule has 0 aromatic carbocycles. The third-order valence-corrected chi connectivity index (χ3v) is 7.18. The van der Waals surface area contributed by atoms with E-state index in [0.29, 0.717) is 5.92 Å². The zero-order valence-electron chi connectivity index (χ0n) is 16.5. The number of nitrogens with zero attached hydrogens (tertiary/aromatic N) is 4. The van der Waals surface area contributed by atoms with Crippen molar-refractivity contribution in [3.8, 4) is 0 Å². The van der Waals surface area contributed by atoms with E-state index in [2.05, 4.69) is 34.0 Å². The Bertz CT molecular complexity index is 826. The van der Waals surface area contributed by atoms with Crippen LogP contribution in [0.2, 0.25) is 0 Å². The molecule has 2 aromatic heterocycles. The monoisotopic (exact) mass is 387 g/mol. The van der Waals surface area contributed by atoms with Crippen LogP contribution in [0.25, 0.3) is 0 Å². The molecule has 27 heavy (non-hydrogen) atoms. The lowest BCUT2D eigenvalue weighted by Crippen LogP contribution is -2.31. The Morgan fingerprint density at radius 3 is 3.00 bits per heavy atom. The average Bonchev–Trinajstić information content (AvgIpc) is 3.25. The predicted octanol–water partition coefficient (Wildman–Crippen LogP) is 3.28. The average molecular weight is 388 g/mol. The maximum atomic E-state index is 13.0. The van der Waals surface area contributed by atoms with Crippen molar-refractivity contribution in [3.05, 3.63) is 33.0 Å². The highest BCUT2D eigenvalue weighted by Gasteiger charge is 2.28. The fourth-order valence-corrected chi connectivity index (χ4v) is 5.53. The van der Waals surface area contributed by atoms with Crippen molar-refractivity contribution in [1.82, 2.24) is 25.0 Å². The van der Waals surface area contributed by atoms with Gasteiger partial charge in [-0.2, -0.15) is 5.10 Å². The Morgan fingerprint density at radius 1 is 1.37 bits per heavy atom. The molecule has 0 radical (unpaired) electrons. The molecule has 1 aliphatic heterocycles. The van der Waals surface area contributed by atoms with Crippen molar-refractivity contribution in [1.29, 1.82) is 0 Å². The summed E-state index contributed by atoms with van der Waals surface area (Å²) in [4.78, 5) is 20.9. The summed E-state index contributed by atoms with van der Waals surface area (Å²) in [5.74, 6) is 0.473. The number of fused-ring (bicyclic) bond motifs is 1. The summed E-state index contributed by atoms with van der Waals surface area (Å²) in [6, 6.07) is 0.0623. The second-order valence-electron chi connectivity index (χ2n) is 7.85. The van der Waals surface area contributed by atoms with Gasteiger partial charge in [-0.1, -0.05) is 0 Å². The van der Waals surface area contributed by atoms with E-state index in [1.807, 2.05) is 13.1 Å². The van der Waals surface area contributed by atoms with E-state index in [9.17, 15) is 4.79 Å². The van der Waals surface area contributed by atoms with Gasteiger partial charge in [0.05, 0.1) is 22.9 Å². The summed E-state index contributed by atoms with van der Waals surface area (Å²) in [6.45, 7) is 7.15. The number of likely N-dealkylation sites (N-methyl/N-ethyl adjacent to an activating group) is 1. The summed E-state index contributed by atoms with van der Waals surface area (Å²) < 4.78 is 2.06. The Hall–Kier alpha value is -1.73. The summed E-state index contributed by atoms with van der Waals surface area (Å²) in [6.07, 6.45) is 7.42. The van der Waals surface area contributed by atoms with E-state index in [0.717, 1.165) is 54.5 Å². The molecule has 0 bridgehead atoms. The van der Waals surface area contributed by atoms with Crippen LogP contribution in [0.5, 0.6) is 0 Å². The number of aryl methyl sites for hydroxylation is 2. The van der Waals surface area contributed by atoms with Crippen molar-refractivity contribution in [2.45, 2.75) is 64.5 Å². The molecule has 2 aromatic rings. The first-order chi connectivity index (χ1) is 13.1. The maximum absolute atomic E-state index is 13.0. The third kappa shape index (κ3) is 3.67. The van der Waals surface area contributed by atoms with Crippen LogP contribution < -0.4 is 5.32 Å². The van der Waals surface area contributed by atoms with Crippen LogP contribution in [0, 0.1) is 6.92 Å². The summed E-state index contributed by atoms with van der Waals surface area (Å²) in [5, 5.41) is 8.87. The van der Waals surface area contributed by atoms with Crippen molar-refractivity contribution in [3.63, 3.8) is 0 Å². The Morgan fingerprint density at radius 2 is 2.22 bits per heavy atom. The Kier molecular flexibility index (Phi) is 5.32. The Labute approximate surface area is 165 Å². The van der Waals surface area contributed by atoms with Crippen LogP contribution >= 0.6 is 11.3 Å². The second kappa shape index (κ2) is 7.72. The quantitative estimate of drug-likeness (QED) is 0.874. The molecule has 1 N–H and O–H groups in total. The Balaban J connectivity index is 1.50. The molecule has 1 fully saturated rings. The molecule has 3 heterocycles. The van der Waals surface area contributed by atoms with E-state index >= 15 is 0 Å². The summed E-state index contributed by atoms with van der Waals surface area (Å²) >= 11 is 1.59. The smallest absolute Gasteiger partial charge is 0.263 e. The second-order valence-corrected chi connectivity index (χ2v) is 8.88. The zero-order valence-corrected chi connectivity index (χ0v) is 17.3. The van der Waals surface area contributed by atoms with E-state index < -0.39 is 0 Å². The largest absolute Gasteiger partial charge is 0.344 e. The molecule has 146 valence electrons. The van der Waals surface area contributed by atoms with E-state index in [4.69, 9.17) is 4.98 Å². The standard InChI is InChI=1S/C20H29N5OS/c1-4-25-17-9-5-8-16(15(17)11-21-25)23-19(26)18-13(2)22-20(27-18)14-7-6-10-24(3)12-14/h11,14,16H,4-10,12H2,1-3H3,(H,23,26). The molecule has 1 saturated heterocycles. The first-order valence-corrected chi connectivity index (χ1v) is 10.9. The third-order valence-electron chi connectivity index (χ3n) is 5.86. The van der Waals surface area contributed by atoms with Crippen molar-refractivity contribution in [2.75, 3.05) is 20.1 Å². The van der Waals surface area contributed by atoms with Crippen LogP contribution in [-0.4, -0.2) is 45.7 Å². The van der Waals surface area contributed by atoms with Crippen molar-refractivity contribution in [2.24, 2.45) is 0 Å². The van der Waals surface area contributed by atoms with Crippen molar-refractivity contribution < 1.29 is 4.79 Å². The number of carbonyl (C=O) groups excluding carboxylic acids is 1. The normalized spacial score (nSPS) is 23.2. The van der Waals surface area contributed by atoms with Crippen LogP contribution in [0.15, 0.2) is 6.20 Å². The highest BCUT2D eigenvalue weighted by atomic mass is 32.1. The molecule has 6 nitrogen and oxygen atoms in total. The fraction of sp³-hybridized carbons (Fsp3) is 0.650. The highest BCUT2D eigenvalue weighted by Crippen LogP contribution is 2.33. The predicted molar refractivity (Wildman–Crippen MR) is 107 cm³/mol. The van der Waals surface area contributed by atoms with E-state index in [1.54, 1.807) is 11.3 Å². The SMILES string of the molecule is CCn1ncc2c1CCCC2NC(=O)c1sc(C2CCCN(C)C2)nc1C. The number of hydrogen-bond acceptors (Lipinski definition) is 5. The van der Waals surface area contributed by atoms with Gasteiger partial charge in [0, 0.05) is 30.3 Å². The van der Waals surface area contributed by atoms with Gasteiger partial charge >= 0.3 is 0 Å². The van der Waals surface area contributed by atoms with Gasteiger partial charge in [0.1, 0.15) is 4.88 Å². The number of carbonyl (C=O) groups is 1. The maximum Gasteiger partial charge on any atom is 0.263 e. The molecular formula is C20H29N5OS. The van der Waals surface area contributed by atoms with Crippen LogP contribution in [0.4, 0.5) is 0 Å². The number of hydrogen-bond donors (Lipinski definition) is 1. The lowest BCUT2D eigenvalue weighted by atomic mass is 9.93. The minimum Gasteiger partial charge on any atom is -0.344 e. The van der Waals surface area contributed by atoms with Crippen LogP contribution in [-0.2, 0) is 13.0 Å². The van der Waals surface area contributed by atoms with Gasteiger partial charge in [0.15, 0.2) is 0 Å². The van der Waals surface area contributed by atoms with Gasteiger partial charge < -0.3 is 10.2 Å². The molecule has 0 spiro atoms. The minimum absolute atomic E-state index is 0.0162. The lowest BCUT2D eigenvalue weighted by Gasteiger charge is -2.28. The van der Waals surface area contributed by atoms with Gasteiger partial charge in [-0.05, 0) is 59.5 Å². The van der Waals surface area contributed by atoms with Crippen molar-refractivity contribution >= 4 is 17.2 Å². The molecule has 1 aliphatic carbocycles. The zero-order chi connectivity index (χ0) is 19.0. The first kappa shape index (κ1) is 18.6. The number of piperidine rings is 1. The molecule has 2 aliphatic rings. The van der Waals surface area contributed by atoms with E-state index in [1.165, 1.54) is 24.1 Å². The molecule has 0 saturated carbocycles. The first-order valence-electron chi connectivity index (χ1n) is 10.1. The van der Waals surface area contributed by atoms with Gasteiger partial charge in [-0.15, -0.1) is 11.3 Å². The molecule has 1 amide bonds. The van der Waals surface area contributed by atoms with Gasteiger partial charge in [-0.25, -0.2) is 4.98 Å². The molecule has 2 unspecified atom stereocenters. The summed E-state index contributed by atoms with van der Waals surface area (Å²) in [7, 11) is 2.16. The lowest BCUT2D eigenvalue weighted by molar-refractivity contribution is 0.0936. The number of rotatable bonds is 4. The summed E-state index contributed by atoms with van der Waals surface area (Å²) in [5.41, 5.74) is 3.33.